The van der Waals surface area contributed by atoms with E-state index in [2.05, 4.69) is 70.3 Å². The molecule has 284 valence electrons. The van der Waals surface area contributed by atoms with Gasteiger partial charge in [-0.1, -0.05) is 80.4 Å². The highest BCUT2D eigenvalue weighted by Crippen LogP contribution is 2.49. The van der Waals surface area contributed by atoms with Crippen molar-refractivity contribution in [1.29, 1.82) is 0 Å². The van der Waals surface area contributed by atoms with E-state index in [1.54, 1.807) is 30.6 Å². The lowest BCUT2D eigenvalue weighted by molar-refractivity contribution is -0.0698. The first kappa shape index (κ1) is 38.5. The molecule has 2 saturated heterocycles. The Labute approximate surface area is 308 Å². The number of nitrogens with zero attached hydrogens (tertiary/aromatic N) is 5. The molecule has 3 aliphatic heterocycles. The Hall–Kier alpha value is -3.26. The third-order valence-electron chi connectivity index (χ3n) is 10.8. The number of hydrogen-bond acceptors (Lipinski definition) is 12. The van der Waals surface area contributed by atoms with E-state index in [1.165, 1.54) is 4.90 Å². The minimum Gasteiger partial charge on any atom is -0.414 e. The molecule has 4 atom stereocenters. The highest BCUT2D eigenvalue weighted by atomic mass is 28.5. The smallest absolute Gasteiger partial charge is 0.335 e. The number of nitrogens with two attached hydrogens (primary N) is 2. The fourth-order valence-electron chi connectivity index (χ4n) is 8.05. The molecule has 16 heteroatoms. The number of nitrogen functional groups attached to an aromatic ring is 2. The van der Waals surface area contributed by atoms with Gasteiger partial charge in [0.15, 0.2) is 17.7 Å². The molecule has 5 heterocycles. The largest absolute Gasteiger partial charge is 0.414 e. The van der Waals surface area contributed by atoms with Crippen molar-refractivity contribution < 1.29 is 32.0 Å². The molecule has 1 aromatic carbocycles. The molecule has 0 radical (unpaired) electrons. The lowest BCUT2D eigenvalue weighted by Crippen LogP contribution is -2.66. The first-order valence-electron chi connectivity index (χ1n) is 18.7. The van der Waals surface area contributed by atoms with Gasteiger partial charge in [-0.25, -0.2) is 4.98 Å². The number of imide groups is 1. The maximum Gasteiger partial charge on any atom is 0.335 e. The van der Waals surface area contributed by atoms with E-state index in [0.29, 0.717) is 48.5 Å². The summed E-state index contributed by atoms with van der Waals surface area (Å²) in [5, 5.41) is 0. The first-order chi connectivity index (χ1) is 24.7. The minimum atomic E-state index is -2.98. The van der Waals surface area contributed by atoms with E-state index < -0.39 is 41.7 Å². The van der Waals surface area contributed by atoms with Gasteiger partial charge < -0.3 is 33.9 Å². The average Bonchev–Trinajstić information content (AvgIpc) is 3.72. The monoisotopic (exact) mass is 753 g/mol. The number of ether oxygens (including phenoxy) is 2. The van der Waals surface area contributed by atoms with Crippen molar-refractivity contribution >= 4 is 51.9 Å². The van der Waals surface area contributed by atoms with Crippen molar-refractivity contribution in [1.82, 2.24) is 24.4 Å². The highest BCUT2D eigenvalue weighted by Gasteiger charge is 2.62. The van der Waals surface area contributed by atoms with Gasteiger partial charge in [0, 0.05) is 13.2 Å². The Bertz CT molecular complexity index is 1720. The van der Waals surface area contributed by atoms with E-state index in [4.69, 9.17) is 33.9 Å². The molecule has 6 rings (SSSR count). The summed E-state index contributed by atoms with van der Waals surface area (Å²) in [7, 11) is -5.77. The lowest BCUT2D eigenvalue weighted by Gasteiger charge is -2.51. The number of fused-ring (bicyclic) bond motifs is 3. The predicted octanol–water partition coefficient (Wildman–Crippen LogP) is 6.09. The number of imidazole rings is 1. The van der Waals surface area contributed by atoms with Gasteiger partial charge in [-0.2, -0.15) is 9.97 Å². The average molecular weight is 754 g/mol. The predicted molar refractivity (Wildman–Crippen MR) is 202 cm³/mol. The van der Waals surface area contributed by atoms with Crippen molar-refractivity contribution in [2.24, 2.45) is 0 Å². The molecule has 4 N–H and O–H groups in total. The molecule has 2 aromatic heterocycles. The second-order valence-electron chi connectivity index (χ2n) is 15.5. The van der Waals surface area contributed by atoms with Crippen LogP contribution in [0.4, 0.5) is 11.8 Å². The first-order valence-corrected chi connectivity index (χ1v) is 22.7. The molecule has 3 aliphatic rings. The maximum atomic E-state index is 12.8. The molecule has 52 heavy (non-hydrogen) atoms. The number of hydrogen-bond donors (Lipinski definition) is 2. The second kappa shape index (κ2) is 15.2. The van der Waals surface area contributed by atoms with Crippen LogP contribution in [0.2, 0.25) is 22.2 Å². The van der Waals surface area contributed by atoms with E-state index in [-0.39, 0.29) is 45.7 Å². The molecular weight excluding hydrogens is 699 g/mol. The fraction of sp³-hybridized carbons (Fsp3) is 0.639. The van der Waals surface area contributed by atoms with Gasteiger partial charge in [-0.3, -0.25) is 19.1 Å². The molecular formula is C36H55N7O7Si2. The molecule has 1 unspecified atom stereocenters. The van der Waals surface area contributed by atoms with Crippen molar-refractivity contribution in [3.8, 4) is 0 Å². The van der Waals surface area contributed by atoms with Gasteiger partial charge in [0.1, 0.15) is 23.8 Å². The quantitative estimate of drug-likeness (QED) is 0.117. The highest BCUT2D eigenvalue weighted by molar-refractivity contribution is 6.84. The van der Waals surface area contributed by atoms with Crippen LogP contribution in [-0.2, 0) is 22.4 Å². The fourth-order valence-corrected chi connectivity index (χ4v) is 19.3. The van der Waals surface area contributed by atoms with Crippen LogP contribution in [0.1, 0.15) is 108 Å². The van der Waals surface area contributed by atoms with E-state index in [1.807, 2.05) is 4.57 Å². The van der Waals surface area contributed by atoms with Crippen molar-refractivity contribution in [2.45, 2.75) is 128 Å². The van der Waals surface area contributed by atoms with E-state index in [9.17, 15) is 9.59 Å². The van der Waals surface area contributed by atoms with Crippen LogP contribution in [0.5, 0.6) is 0 Å². The van der Waals surface area contributed by atoms with Crippen LogP contribution in [0.25, 0.3) is 11.2 Å². The summed E-state index contributed by atoms with van der Waals surface area (Å²) in [6.45, 7) is 18.7. The Balaban J connectivity index is 1.22. The summed E-state index contributed by atoms with van der Waals surface area (Å²) in [5.41, 5.74) is 14.7. The van der Waals surface area contributed by atoms with E-state index >= 15 is 0 Å². The summed E-state index contributed by atoms with van der Waals surface area (Å²) in [4.78, 5) is 40.0. The van der Waals surface area contributed by atoms with E-state index in [0.717, 1.165) is 19.3 Å². The third kappa shape index (κ3) is 6.82. The summed E-state index contributed by atoms with van der Waals surface area (Å²) in [6, 6.07) is 6.98. The maximum absolute atomic E-state index is 12.8. The number of rotatable bonds is 13. The van der Waals surface area contributed by atoms with Crippen molar-refractivity contribution in [2.75, 3.05) is 31.2 Å². The van der Waals surface area contributed by atoms with Gasteiger partial charge in [0.05, 0.1) is 24.1 Å². The standard InChI is InChI=1S/C36H55N7O7Si2/c1-21(2)51(22(3)4)47-19-27-29(49-52(50-51,23(5)6)24(7)8)30(35(48-27)43-20-39-28-31(37)40-36(38)41-32(28)43)46-18-14-10-9-13-17-42-33(44)25-15-11-12-16-26(25)34(42)45/h11-12,15-16,20-24,27,29-30,35H,9-10,13-14,17-19H2,1-8H3,(H4,37,38,40,41)/t27-,29?,30+,35-/m1/s1. The van der Waals surface area contributed by atoms with Gasteiger partial charge in [-0.05, 0) is 47.1 Å². The van der Waals surface area contributed by atoms with Crippen molar-refractivity contribution in [3.05, 3.63) is 41.7 Å². The molecule has 0 bridgehead atoms. The van der Waals surface area contributed by atoms with Crippen LogP contribution in [0, 0.1) is 0 Å². The molecule has 2 fully saturated rings. The number of aromatic nitrogens is 4. The molecule has 0 spiro atoms. The van der Waals surface area contributed by atoms with Gasteiger partial charge in [0.2, 0.25) is 5.95 Å². The summed E-state index contributed by atoms with van der Waals surface area (Å²) in [5.74, 6) is -0.212. The summed E-state index contributed by atoms with van der Waals surface area (Å²) in [6.07, 6.45) is 2.65. The lowest BCUT2D eigenvalue weighted by atomic mass is 10.1. The zero-order valence-corrected chi connectivity index (χ0v) is 33.7. The SMILES string of the molecule is CC(C)[Si]1(C(C)C)OC[C@H]2O[C@@H](n3cnc4c(N)nc(N)nc43)[C@@H](OCCCCCCN3C(=O)c4ccccc4C3=O)C2O[Si](C(C)C)(C(C)C)O1. The van der Waals surface area contributed by atoms with Crippen LogP contribution in [-0.4, -0.2) is 91.4 Å². The van der Waals surface area contributed by atoms with Crippen LogP contribution < -0.4 is 11.5 Å². The normalized spacial score (nSPS) is 24.3. The molecule has 0 aliphatic carbocycles. The van der Waals surface area contributed by atoms with Crippen molar-refractivity contribution in [3.63, 3.8) is 0 Å². The number of benzene rings is 1. The third-order valence-corrected chi connectivity index (χ3v) is 21.1. The van der Waals surface area contributed by atoms with Gasteiger partial charge in [0.25, 0.3) is 11.8 Å². The number of carbonyl (C=O) groups excluding carboxylic acids is 2. The van der Waals surface area contributed by atoms with Crippen LogP contribution >= 0.6 is 0 Å². The Morgan fingerprint density at radius 2 is 1.48 bits per heavy atom. The molecule has 3 aromatic rings. The minimum absolute atomic E-state index is 0.0399. The number of unbranched alkanes of at least 4 members (excludes halogenated alkanes) is 3. The van der Waals surface area contributed by atoms with Crippen LogP contribution in [0.15, 0.2) is 30.6 Å². The summed E-state index contributed by atoms with van der Waals surface area (Å²) >= 11 is 0. The zero-order chi connectivity index (χ0) is 37.5. The summed E-state index contributed by atoms with van der Waals surface area (Å²) < 4.78 is 37.3. The zero-order valence-electron chi connectivity index (χ0n) is 31.7. The number of amides is 2. The number of carbonyl (C=O) groups is 2. The second-order valence-corrected chi connectivity index (χ2v) is 24.3. The Morgan fingerprint density at radius 3 is 2.10 bits per heavy atom. The van der Waals surface area contributed by atoms with Gasteiger partial charge >= 0.3 is 17.1 Å². The Morgan fingerprint density at radius 1 is 0.865 bits per heavy atom. The van der Waals surface area contributed by atoms with Crippen LogP contribution in [0.3, 0.4) is 0 Å². The Kier molecular flexibility index (Phi) is 11.3. The molecule has 2 amide bonds. The number of anilines is 2. The molecule has 14 nitrogen and oxygen atoms in total. The molecule has 0 saturated carbocycles. The van der Waals surface area contributed by atoms with Gasteiger partial charge in [-0.15, -0.1) is 0 Å². The topological polar surface area (TPSA) is 179 Å².